The quantitative estimate of drug-likeness (QED) is 0.302. The van der Waals surface area contributed by atoms with Crippen LogP contribution in [0.2, 0.25) is 15.1 Å². The van der Waals surface area contributed by atoms with Crippen molar-refractivity contribution in [3.63, 3.8) is 0 Å². The molecule has 1 aliphatic rings. The lowest BCUT2D eigenvalue weighted by molar-refractivity contribution is -0.124. The number of ether oxygens (including phenoxy) is 2. The van der Waals surface area contributed by atoms with E-state index in [0.717, 1.165) is 11.1 Å². The van der Waals surface area contributed by atoms with Crippen molar-refractivity contribution in [2.24, 2.45) is 5.73 Å². The molecule has 0 aliphatic carbocycles. The van der Waals surface area contributed by atoms with Crippen LogP contribution in [0.5, 0.6) is 11.5 Å². The lowest BCUT2D eigenvalue weighted by Crippen LogP contribution is -2.34. The van der Waals surface area contributed by atoms with Gasteiger partial charge in [0, 0.05) is 18.7 Å². The summed E-state index contributed by atoms with van der Waals surface area (Å²) in [5.41, 5.74) is 7.67. The SMILES string of the molecule is COc1ccc(CCNC(=O)CC2SC(c3ccc(Cl)c(Cl)c3)N(c3ccc(C(N)=O)c(Cl)c3)C2=O)cc1OC. The maximum absolute atomic E-state index is 13.6. The monoisotopic (exact) mass is 621 g/mol. The average molecular weight is 623 g/mol. The number of hydrogen-bond acceptors (Lipinski definition) is 6. The van der Waals surface area contributed by atoms with Crippen molar-refractivity contribution in [3.05, 3.63) is 86.4 Å². The molecule has 3 amide bonds. The number of carbonyl (C=O) groups is 3. The number of amides is 3. The van der Waals surface area contributed by atoms with Crippen LogP contribution in [0, 0.1) is 0 Å². The topological polar surface area (TPSA) is 111 Å². The smallest absolute Gasteiger partial charge is 0.250 e. The number of rotatable bonds is 10. The van der Waals surface area contributed by atoms with Gasteiger partial charge in [-0.05, 0) is 60.0 Å². The first-order chi connectivity index (χ1) is 19.1. The lowest BCUT2D eigenvalue weighted by Gasteiger charge is -2.25. The summed E-state index contributed by atoms with van der Waals surface area (Å²) in [6, 6.07) is 15.3. The minimum atomic E-state index is -0.678. The minimum Gasteiger partial charge on any atom is -0.493 e. The number of nitrogens with one attached hydrogen (secondary N) is 1. The normalized spacial score (nSPS) is 16.6. The van der Waals surface area contributed by atoms with Crippen molar-refractivity contribution in [1.82, 2.24) is 5.32 Å². The zero-order valence-electron chi connectivity index (χ0n) is 21.6. The van der Waals surface area contributed by atoms with Crippen LogP contribution in [-0.2, 0) is 16.0 Å². The Kier molecular flexibility index (Phi) is 9.73. The zero-order valence-corrected chi connectivity index (χ0v) is 24.7. The molecule has 0 radical (unpaired) electrons. The molecule has 40 heavy (non-hydrogen) atoms. The number of thioether (sulfide) groups is 1. The number of anilines is 1. The van der Waals surface area contributed by atoms with E-state index in [0.29, 0.717) is 40.2 Å². The Morgan fingerprint density at radius 2 is 1.70 bits per heavy atom. The van der Waals surface area contributed by atoms with E-state index in [2.05, 4.69) is 5.32 Å². The van der Waals surface area contributed by atoms with Crippen molar-refractivity contribution < 1.29 is 23.9 Å². The van der Waals surface area contributed by atoms with Gasteiger partial charge in [-0.1, -0.05) is 46.9 Å². The van der Waals surface area contributed by atoms with E-state index in [1.807, 2.05) is 18.2 Å². The van der Waals surface area contributed by atoms with Gasteiger partial charge in [-0.2, -0.15) is 0 Å². The molecular formula is C28H26Cl3N3O5S. The average Bonchev–Trinajstić information content (AvgIpc) is 3.25. The largest absolute Gasteiger partial charge is 0.493 e. The molecule has 1 aliphatic heterocycles. The molecule has 1 saturated heterocycles. The Morgan fingerprint density at radius 3 is 2.35 bits per heavy atom. The summed E-state index contributed by atoms with van der Waals surface area (Å²) >= 11 is 20.0. The van der Waals surface area contributed by atoms with E-state index in [1.54, 1.807) is 43.4 Å². The Balaban J connectivity index is 1.50. The molecule has 12 heteroatoms. The highest BCUT2D eigenvalue weighted by Crippen LogP contribution is 2.48. The van der Waals surface area contributed by atoms with Crippen LogP contribution in [-0.4, -0.2) is 43.7 Å². The van der Waals surface area contributed by atoms with E-state index in [1.165, 1.54) is 23.9 Å². The third-order valence-corrected chi connectivity index (χ3v) is 8.81. The van der Waals surface area contributed by atoms with E-state index in [9.17, 15) is 14.4 Å². The van der Waals surface area contributed by atoms with Gasteiger partial charge in [-0.15, -0.1) is 11.8 Å². The second-order valence-electron chi connectivity index (χ2n) is 8.88. The molecule has 1 heterocycles. The third-order valence-electron chi connectivity index (χ3n) is 6.32. The highest BCUT2D eigenvalue weighted by Gasteiger charge is 2.43. The number of nitrogens with two attached hydrogens (primary N) is 1. The van der Waals surface area contributed by atoms with Crippen molar-refractivity contribution in [3.8, 4) is 11.5 Å². The van der Waals surface area contributed by atoms with Gasteiger partial charge in [-0.3, -0.25) is 19.3 Å². The Hall–Kier alpha value is -3.11. The van der Waals surface area contributed by atoms with Crippen LogP contribution < -0.4 is 25.4 Å². The highest BCUT2D eigenvalue weighted by atomic mass is 35.5. The van der Waals surface area contributed by atoms with Gasteiger partial charge in [0.15, 0.2) is 11.5 Å². The van der Waals surface area contributed by atoms with Gasteiger partial charge in [0.2, 0.25) is 17.7 Å². The molecule has 0 saturated carbocycles. The van der Waals surface area contributed by atoms with Gasteiger partial charge in [0.25, 0.3) is 0 Å². The maximum atomic E-state index is 13.6. The summed E-state index contributed by atoms with van der Waals surface area (Å²) in [5.74, 6) is 0.0138. The first-order valence-electron chi connectivity index (χ1n) is 12.1. The molecule has 2 atom stereocenters. The van der Waals surface area contributed by atoms with E-state index < -0.39 is 16.5 Å². The fourth-order valence-corrected chi connectivity index (χ4v) is 6.33. The first kappa shape index (κ1) is 29.9. The molecular weight excluding hydrogens is 597 g/mol. The van der Waals surface area contributed by atoms with Gasteiger partial charge in [0.1, 0.15) is 5.37 Å². The lowest BCUT2D eigenvalue weighted by atomic mass is 10.1. The van der Waals surface area contributed by atoms with E-state index in [4.69, 9.17) is 50.0 Å². The molecule has 0 bridgehead atoms. The third kappa shape index (κ3) is 6.61. The van der Waals surface area contributed by atoms with Crippen molar-refractivity contribution in [2.45, 2.75) is 23.5 Å². The molecule has 0 aromatic heterocycles. The summed E-state index contributed by atoms with van der Waals surface area (Å²) in [6.07, 6.45) is 0.539. The summed E-state index contributed by atoms with van der Waals surface area (Å²) in [4.78, 5) is 39.7. The summed E-state index contributed by atoms with van der Waals surface area (Å²) in [7, 11) is 3.13. The molecule has 210 valence electrons. The molecule has 1 fully saturated rings. The maximum Gasteiger partial charge on any atom is 0.250 e. The number of carbonyl (C=O) groups excluding carboxylic acids is 3. The van der Waals surface area contributed by atoms with Crippen LogP contribution in [0.3, 0.4) is 0 Å². The van der Waals surface area contributed by atoms with Crippen LogP contribution in [0.25, 0.3) is 0 Å². The summed E-state index contributed by atoms with van der Waals surface area (Å²) < 4.78 is 10.6. The Morgan fingerprint density at radius 1 is 0.950 bits per heavy atom. The standard InChI is InChI=1S/C28H26Cl3N3O5S/c1-38-22-8-3-15(11-23(22)39-2)9-10-33-25(35)14-24-27(37)34(17-5-6-18(26(32)36)20(30)13-17)28(40-24)16-4-7-19(29)21(31)12-16/h3-8,11-13,24,28H,9-10,14H2,1-2H3,(H2,32,36)(H,33,35). The predicted molar refractivity (Wildman–Crippen MR) is 159 cm³/mol. The first-order valence-corrected chi connectivity index (χ1v) is 14.2. The van der Waals surface area contributed by atoms with Crippen LogP contribution in [0.4, 0.5) is 5.69 Å². The Bertz CT molecular complexity index is 1450. The summed E-state index contributed by atoms with van der Waals surface area (Å²) in [6.45, 7) is 0.379. The zero-order chi connectivity index (χ0) is 29.0. The number of benzene rings is 3. The fourth-order valence-electron chi connectivity index (χ4n) is 4.31. The predicted octanol–water partition coefficient (Wildman–Crippen LogP) is 5.66. The molecule has 8 nitrogen and oxygen atoms in total. The molecule has 0 spiro atoms. The number of primary amides is 1. The molecule has 3 aromatic carbocycles. The van der Waals surface area contributed by atoms with E-state index >= 15 is 0 Å². The molecule has 2 unspecified atom stereocenters. The van der Waals surface area contributed by atoms with Crippen molar-refractivity contribution >= 4 is 70.0 Å². The minimum absolute atomic E-state index is 0.0309. The second-order valence-corrected chi connectivity index (χ2v) is 11.4. The molecule has 3 aromatic rings. The van der Waals surface area contributed by atoms with Crippen LogP contribution in [0.1, 0.15) is 33.3 Å². The number of hydrogen-bond donors (Lipinski definition) is 2. The molecule has 3 N–H and O–H groups in total. The number of nitrogens with zero attached hydrogens (tertiary/aromatic N) is 1. The van der Waals surface area contributed by atoms with Crippen molar-refractivity contribution in [1.29, 1.82) is 0 Å². The highest BCUT2D eigenvalue weighted by molar-refractivity contribution is 8.01. The van der Waals surface area contributed by atoms with Crippen LogP contribution in [0.15, 0.2) is 54.6 Å². The van der Waals surface area contributed by atoms with Crippen molar-refractivity contribution in [2.75, 3.05) is 25.7 Å². The fraction of sp³-hybridized carbons (Fsp3) is 0.250. The molecule has 4 rings (SSSR count). The summed E-state index contributed by atoms with van der Waals surface area (Å²) in [5, 5.41) is 2.55. The second kappa shape index (κ2) is 13.0. The Labute approximate surface area is 251 Å². The van der Waals surface area contributed by atoms with E-state index in [-0.39, 0.29) is 28.8 Å². The van der Waals surface area contributed by atoms with Gasteiger partial charge in [0.05, 0.1) is 40.1 Å². The van der Waals surface area contributed by atoms with Gasteiger partial charge >= 0.3 is 0 Å². The van der Waals surface area contributed by atoms with Gasteiger partial charge < -0.3 is 20.5 Å². The van der Waals surface area contributed by atoms with Crippen LogP contribution >= 0.6 is 46.6 Å². The number of halogens is 3. The van der Waals surface area contributed by atoms with Gasteiger partial charge in [-0.25, -0.2) is 0 Å². The number of methoxy groups -OCH3 is 2.